The third-order valence-electron chi connectivity index (χ3n) is 1.56. The SMILES string of the molecule is NS(=O)(=O)NCCOc1ccc(Cl)cc1Cl. The quantitative estimate of drug-likeness (QED) is 0.797. The van der Waals surface area contributed by atoms with Gasteiger partial charge in [-0.15, -0.1) is 0 Å². The van der Waals surface area contributed by atoms with Crippen LogP contribution < -0.4 is 14.6 Å². The van der Waals surface area contributed by atoms with Gasteiger partial charge in [-0.1, -0.05) is 23.2 Å². The van der Waals surface area contributed by atoms with E-state index in [-0.39, 0.29) is 13.2 Å². The van der Waals surface area contributed by atoms with Crippen molar-refractivity contribution in [3.8, 4) is 5.75 Å². The van der Waals surface area contributed by atoms with Crippen LogP contribution in [0.2, 0.25) is 10.0 Å². The number of ether oxygens (including phenoxy) is 1. The lowest BCUT2D eigenvalue weighted by molar-refractivity contribution is 0.323. The van der Waals surface area contributed by atoms with Crippen LogP contribution in [0.15, 0.2) is 18.2 Å². The minimum absolute atomic E-state index is 0.0673. The van der Waals surface area contributed by atoms with Gasteiger partial charge in [-0.2, -0.15) is 13.1 Å². The molecule has 0 amide bonds. The van der Waals surface area contributed by atoms with Crippen LogP contribution in [0.4, 0.5) is 0 Å². The van der Waals surface area contributed by atoms with Crippen molar-refractivity contribution in [1.29, 1.82) is 0 Å². The van der Waals surface area contributed by atoms with E-state index in [1.807, 2.05) is 0 Å². The Morgan fingerprint density at radius 1 is 1.38 bits per heavy atom. The smallest absolute Gasteiger partial charge is 0.274 e. The first-order valence-electron chi connectivity index (χ1n) is 4.24. The van der Waals surface area contributed by atoms with Crippen molar-refractivity contribution < 1.29 is 13.2 Å². The van der Waals surface area contributed by atoms with Crippen LogP contribution in [0, 0.1) is 0 Å². The summed E-state index contributed by atoms with van der Waals surface area (Å²) in [5, 5.41) is 5.59. The Hall–Kier alpha value is -0.530. The average molecular weight is 285 g/mol. The normalized spacial score (nSPS) is 11.4. The molecule has 16 heavy (non-hydrogen) atoms. The molecule has 0 atom stereocenters. The number of nitrogens with two attached hydrogens (primary N) is 1. The topological polar surface area (TPSA) is 81.4 Å². The number of nitrogens with one attached hydrogen (secondary N) is 1. The lowest BCUT2D eigenvalue weighted by Crippen LogP contribution is -2.33. The Bertz CT molecular complexity index is 464. The molecule has 0 aromatic heterocycles. The fraction of sp³-hybridized carbons (Fsp3) is 0.250. The van der Waals surface area contributed by atoms with Gasteiger partial charge in [0.2, 0.25) is 0 Å². The van der Waals surface area contributed by atoms with E-state index in [9.17, 15) is 8.42 Å². The molecule has 0 radical (unpaired) electrons. The largest absolute Gasteiger partial charge is 0.491 e. The Morgan fingerprint density at radius 3 is 2.62 bits per heavy atom. The fourth-order valence-electron chi connectivity index (χ4n) is 0.937. The molecule has 8 heteroatoms. The molecule has 1 rings (SSSR count). The Morgan fingerprint density at radius 2 is 2.06 bits per heavy atom. The van der Waals surface area contributed by atoms with Gasteiger partial charge in [-0.05, 0) is 18.2 Å². The van der Waals surface area contributed by atoms with E-state index in [1.54, 1.807) is 12.1 Å². The summed E-state index contributed by atoms with van der Waals surface area (Å²) in [5.74, 6) is 0.433. The highest BCUT2D eigenvalue weighted by Crippen LogP contribution is 2.27. The van der Waals surface area contributed by atoms with Gasteiger partial charge in [0.25, 0.3) is 10.2 Å². The molecule has 1 aromatic carbocycles. The zero-order valence-electron chi connectivity index (χ0n) is 8.11. The molecule has 0 saturated heterocycles. The summed E-state index contributed by atoms with van der Waals surface area (Å²) in [7, 11) is -3.68. The number of halogens is 2. The molecule has 0 aliphatic rings. The highest BCUT2D eigenvalue weighted by molar-refractivity contribution is 7.87. The summed E-state index contributed by atoms with van der Waals surface area (Å²) >= 11 is 11.5. The van der Waals surface area contributed by atoms with Crippen molar-refractivity contribution >= 4 is 33.4 Å². The average Bonchev–Trinajstić information content (AvgIpc) is 2.13. The zero-order chi connectivity index (χ0) is 12.2. The molecule has 0 spiro atoms. The van der Waals surface area contributed by atoms with E-state index in [1.165, 1.54) is 6.07 Å². The molecule has 90 valence electrons. The number of hydrogen-bond acceptors (Lipinski definition) is 3. The van der Waals surface area contributed by atoms with Crippen molar-refractivity contribution in [2.75, 3.05) is 13.2 Å². The lowest BCUT2D eigenvalue weighted by Gasteiger charge is -2.08. The Labute approximate surface area is 104 Å². The van der Waals surface area contributed by atoms with Gasteiger partial charge in [-0.3, -0.25) is 0 Å². The molecule has 0 saturated carbocycles. The van der Waals surface area contributed by atoms with Crippen LogP contribution in [0.5, 0.6) is 5.75 Å². The van der Waals surface area contributed by atoms with E-state index in [4.69, 9.17) is 33.1 Å². The van der Waals surface area contributed by atoms with E-state index in [2.05, 4.69) is 4.72 Å². The monoisotopic (exact) mass is 284 g/mol. The summed E-state index contributed by atoms with van der Waals surface area (Å²) in [6.07, 6.45) is 0. The molecule has 0 aliphatic heterocycles. The highest BCUT2D eigenvalue weighted by atomic mass is 35.5. The predicted molar refractivity (Wildman–Crippen MR) is 63.1 cm³/mol. The van der Waals surface area contributed by atoms with Crippen LogP contribution in [0.25, 0.3) is 0 Å². The van der Waals surface area contributed by atoms with E-state index in [0.717, 1.165) is 0 Å². The van der Waals surface area contributed by atoms with Crippen molar-refractivity contribution in [1.82, 2.24) is 4.72 Å². The number of benzene rings is 1. The van der Waals surface area contributed by atoms with Crippen molar-refractivity contribution in [3.05, 3.63) is 28.2 Å². The van der Waals surface area contributed by atoms with Crippen LogP contribution in [-0.4, -0.2) is 21.6 Å². The van der Waals surface area contributed by atoms with Crippen LogP contribution in [0.1, 0.15) is 0 Å². The highest BCUT2D eigenvalue weighted by Gasteiger charge is 2.03. The van der Waals surface area contributed by atoms with E-state index in [0.29, 0.717) is 15.8 Å². The number of hydrogen-bond donors (Lipinski definition) is 2. The maximum atomic E-state index is 10.5. The van der Waals surface area contributed by atoms with Crippen molar-refractivity contribution in [2.24, 2.45) is 5.14 Å². The standard InChI is InChI=1S/C8H10Cl2N2O3S/c9-6-1-2-8(7(10)5-6)15-4-3-12-16(11,13)14/h1-2,5,12H,3-4H2,(H2,11,13,14). The Kier molecular flexibility index (Phi) is 4.82. The van der Waals surface area contributed by atoms with Gasteiger partial charge in [0, 0.05) is 11.6 Å². The first-order chi connectivity index (χ1) is 7.38. The zero-order valence-corrected chi connectivity index (χ0v) is 10.4. The maximum absolute atomic E-state index is 10.5. The van der Waals surface area contributed by atoms with Gasteiger partial charge < -0.3 is 4.74 Å². The Balaban J connectivity index is 2.43. The molecule has 0 aliphatic carbocycles. The van der Waals surface area contributed by atoms with Crippen molar-refractivity contribution in [3.63, 3.8) is 0 Å². The second-order valence-electron chi connectivity index (χ2n) is 2.86. The maximum Gasteiger partial charge on any atom is 0.274 e. The summed E-state index contributed by atoms with van der Waals surface area (Å²) in [6.45, 7) is 0.190. The molecule has 0 unspecified atom stereocenters. The van der Waals surface area contributed by atoms with Crippen LogP contribution in [-0.2, 0) is 10.2 Å². The fourth-order valence-corrected chi connectivity index (χ4v) is 1.77. The minimum atomic E-state index is -3.68. The predicted octanol–water partition coefficient (Wildman–Crippen LogP) is 1.17. The third-order valence-corrected chi connectivity index (χ3v) is 2.69. The summed E-state index contributed by atoms with van der Waals surface area (Å²) in [6, 6.07) is 4.75. The van der Waals surface area contributed by atoms with E-state index >= 15 is 0 Å². The first-order valence-corrected chi connectivity index (χ1v) is 6.54. The van der Waals surface area contributed by atoms with Gasteiger partial charge in [-0.25, -0.2) is 5.14 Å². The first kappa shape index (κ1) is 13.5. The van der Waals surface area contributed by atoms with Gasteiger partial charge in [0.05, 0.1) is 5.02 Å². The van der Waals surface area contributed by atoms with Crippen LogP contribution >= 0.6 is 23.2 Å². The summed E-state index contributed by atoms with van der Waals surface area (Å²) < 4.78 is 28.3. The van der Waals surface area contributed by atoms with Gasteiger partial charge in [0.15, 0.2) is 0 Å². The molecule has 3 N–H and O–H groups in total. The second-order valence-corrected chi connectivity index (χ2v) is 5.08. The third kappa shape index (κ3) is 5.00. The molecular weight excluding hydrogens is 275 g/mol. The van der Waals surface area contributed by atoms with E-state index < -0.39 is 10.2 Å². The molecule has 0 fully saturated rings. The number of rotatable bonds is 5. The molecule has 0 heterocycles. The molecular formula is C8H10Cl2N2O3S. The lowest BCUT2D eigenvalue weighted by atomic mass is 10.3. The second kappa shape index (κ2) is 5.70. The molecule has 5 nitrogen and oxygen atoms in total. The van der Waals surface area contributed by atoms with Gasteiger partial charge in [0.1, 0.15) is 12.4 Å². The minimum Gasteiger partial charge on any atom is -0.491 e. The van der Waals surface area contributed by atoms with Crippen LogP contribution in [0.3, 0.4) is 0 Å². The molecule has 0 bridgehead atoms. The van der Waals surface area contributed by atoms with Crippen molar-refractivity contribution in [2.45, 2.75) is 0 Å². The molecule has 1 aromatic rings. The summed E-state index contributed by atoms with van der Waals surface area (Å²) in [4.78, 5) is 0. The van der Waals surface area contributed by atoms with Gasteiger partial charge >= 0.3 is 0 Å². The summed E-state index contributed by atoms with van der Waals surface area (Å²) in [5.41, 5.74) is 0.